The van der Waals surface area contributed by atoms with E-state index in [2.05, 4.69) is 20.8 Å². The Morgan fingerprint density at radius 2 is 2.12 bits per heavy atom. The van der Waals surface area contributed by atoms with Crippen molar-refractivity contribution in [2.75, 3.05) is 18.4 Å². The van der Waals surface area contributed by atoms with Crippen molar-refractivity contribution in [3.63, 3.8) is 0 Å². The molecule has 26 heavy (non-hydrogen) atoms. The molecule has 1 saturated carbocycles. The van der Waals surface area contributed by atoms with Crippen molar-refractivity contribution < 1.29 is 4.79 Å². The number of carbonyl (C=O) groups is 1. The second-order valence-corrected chi connectivity index (χ2v) is 7.26. The maximum atomic E-state index is 13.0. The highest BCUT2D eigenvalue weighted by molar-refractivity contribution is 5.84. The van der Waals surface area contributed by atoms with Crippen LogP contribution in [0.5, 0.6) is 0 Å². The third kappa shape index (κ3) is 3.05. The quantitative estimate of drug-likeness (QED) is 0.831. The van der Waals surface area contributed by atoms with Crippen LogP contribution in [0, 0.1) is 11.8 Å². The fraction of sp³-hybridized carbons (Fsp3) is 0.556. The highest BCUT2D eigenvalue weighted by Crippen LogP contribution is 2.37. The van der Waals surface area contributed by atoms with E-state index in [0.717, 1.165) is 31.6 Å². The predicted octanol–water partition coefficient (Wildman–Crippen LogP) is 1.05. The number of anilines is 1. The number of nitrogens with two attached hydrogens (primary N) is 1. The van der Waals surface area contributed by atoms with E-state index in [9.17, 15) is 4.79 Å². The van der Waals surface area contributed by atoms with E-state index in [1.807, 2.05) is 42.2 Å². The number of nitrogens with zero attached hydrogens (tertiary/aromatic N) is 5. The van der Waals surface area contributed by atoms with Crippen LogP contribution in [0.15, 0.2) is 30.3 Å². The van der Waals surface area contributed by atoms with Crippen LogP contribution in [-0.4, -0.2) is 56.2 Å². The maximum Gasteiger partial charge on any atom is 0.248 e. The fourth-order valence-corrected chi connectivity index (χ4v) is 4.22. The summed E-state index contributed by atoms with van der Waals surface area (Å²) in [5, 5.41) is 15.1. The van der Waals surface area contributed by atoms with Crippen molar-refractivity contribution in [1.82, 2.24) is 25.1 Å². The maximum absolute atomic E-state index is 13.0. The van der Waals surface area contributed by atoms with Gasteiger partial charge in [0.2, 0.25) is 11.9 Å². The molecule has 1 amide bonds. The summed E-state index contributed by atoms with van der Waals surface area (Å²) in [4.78, 5) is 15.0. The van der Waals surface area contributed by atoms with Crippen LogP contribution in [0.1, 0.15) is 26.2 Å². The van der Waals surface area contributed by atoms with Crippen molar-refractivity contribution in [3.05, 3.63) is 30.3 Å². The summed E-state index contributed by atoms with van der Waals surface area (Å²) < 4.78 is 1.62. The Labute approximate surface area is 152 Å². The van der Waals surface area contributed by atoms with Gasteiger partial charge in [-0.15, -0.1) is 0 Å². The Bertz CT molecular complexity index is 762. The zero-order valence-electron chi connectivity index (χ0n) is 15.0. The minimum atomic E-state index is -0.349. The molecule has 2 fully saturated rings. The largest absolute Gasteiger partial charge is 0.341 e. The number of carbonyl (C=O) groups excluding carboxylic acids is 1. The summed E-state index contributed by atoms with van der Waals surface area (Å²) in [6, 6.07) is 9.52. The molecule has 1 aromatic heterocycles. The summed E-state index contributed by atoms with van der Waals surface area (Å²) in [6.45, 7) is 3.58. The van der Waals surface area contributed by atoms with Crippen molar-refractivity contribution in [1.29, 1.82) is 0 Å². The Morgan fingerprint density at radius 1 is 1.31 bits per heavy atom. The highest BCUT2D eigenvalue weighted by atomic mass is 16.2. The standard InChI is InChI=1S/C18H25N7O/c1-2-16(17(26)24-10-12-8-9-15(19)14(12)11-24)20-18-21-22-23-25(18)13-6-4-3-5-7-13/h3-7,12,14-16H,2,8-11,19H2,1H3,(H,20,21,23). The molecule has 138 valence electrons. The van der Waals surface area contributed by atoms with Crippen molar-refractivity contribution in [2.45, 2.75) is 38.3 Å². The molecule has 1 saturated heterocycles. The molecule has 8 nitrogen and oxygen atoms in total. The van der Waals surface area contributed by atoms with Gasteiger partial charge in [0.05, 0.1) is 5.69 Å². The lowest BCUT2D eigenvalue weighted by Crippen LogP contribution is -2.43. The first-order valence-electron chi connectivity index (χ1n) is 9.32. The van der Waals surface area contributed by atoms with Gasteiger partial charge >= 0.3 is 0 Å². The van der Waals surface area contributed by atoms with E-state index < -0.39 is 0 Å². The highest BCUT2D eigenvalue weighted by Gasteiger charge is 2.43. The van der Waals surface area contributed by atoms with Gasteiger partial charge < -0.3 is 16.0 Å². The third-order valence-electron chi connectivity index (χ3n) is 5.70. The van der Waals surface area contributed by atoms with Gasteiger partial charge in [-0.2, -0.15) is 4.68 Å². The van der Waals surface area contributed by atoms with Gasteiger partial charge in [-0.25, -0.2) is 0 Å². The van der Waals surface area contributed by atoms with Crippen LogP contribution < -0.4 is 11.1 Å². The number of likely N-dealkylation sites (tertiary alicyclic amines) is 1. The second-order valence-electron chi connectivity index (χ2n) is 7.26. The Kier molecular flexibility index (Phi) is 4.58. The number of hydrogen-bond acceptors (Lipinski definition) is 6. The molecule has 2 aliphatic rings. The van der Waals surface area contributed by atoms with E-state index >= 15 is 0 Å². The van der Waals surface area contributed by atoms with E-state index in [1.54, 1.807) is 4.68 Å². The Hall–Kier alpha value is -2.48. The molecule has 0 radical (unpaired) electrons. The molecule has 4 rings (SSSR count). The van der Waals surface area contributed by atoms with Gasteiger partial charge in [0.25, 0.3) is 0 Å². The lowest BCUT2D eigenvalue weighted by atomic mass is 9.98. The summed E-state index contributed by atoms with van der Waals surface area (Å²) in [7, 11) is 0. The Balaban J connectivity index is 1.47. The second kappa shape index (κ2) is 7.03. The van der Waals surface area contributed by atoms with E-state index in [-0.39, 0.29) is 18.0 Å². The minimum absolute atomic E-state index is 0.108. The molecule has 2 aromatic rings. The van der Waals surface area contributed by atoms with Crippen molar-refractivity contribution in [3.8, 4) is 5.69 Å². The molecule has 4 atom stereocenters. The smallest absolute Gasteiger partial charge is 0.248 e. The molecule has 1 aliphatic carbocycles. The number of rotatable bonds is 5. The molecule has 1 aromatic carbocycles. The van der Waals surface area contributed by atoms with Gasteiger partial charge in [0.1, 0.15) is 6.04 Å². The minimum Gasteiger partial charge on any atom is -0.341 e. The first-order valence-corrected chi connectivity index (χ1v) is 9.32. The van der Waals surface area contributed by atoms with Gasteiger partial charge in [0, 0.05) is 19.1 Å². The predicted molar refractivity (Wildman–Crippen MR) is 97.6 cm³/mol. The van der Waals surface area contributed by atoms with Gasteiger partial charge in [-0.05, 0) is 53.7 Å². The van der Waals surface area contributed by atoms with Crippen molar-refractivity contribution in [2.24, 2.45) is 17.6 Å². The molecule has 1 aliphatic heterocycles. The summed E-state index contributed by atoms with van der Waals surface area (Å²) in [6.07, 6.45) is 2.88. The SMILES string of the molecule is CCC(Nc1nnnn1-c1ccccc1)C(=O)N1CC2CCC(N)C2C1. The Morgan fingerprint density at radius 3 is 2.85 bits per heavy atom. The molecule has 0 bridgehead atoms. The van der Waals surface area contributed by atoms with E-state index in [0.29, 0.717) is 24.2 Å². The molecular weight excluding hydrogens is 330 g/mol. The van der Waals surface area contributed by atoms with Crippen LogP contribution in [0.4, 0.5) is 5.95 Å². The van der Waals surface area contributed by atoms with E-state index in [1.165, 1.54) is 0 Å². The lowest BCUT2D eigenvalue weighted by Gasteiger charge is -2.24. The van der Waals surface area contributed by atoms with Crippen LogP contribution in [0.25, 0.3) is 5.69 Å². The van der Waals surface area contributed by atoms with Crippen molar-refractivity contribution >= 4 is 11.9 Å². The lowest BCUT2D eigenvalue weighted by molar-refractivity contribution is -0.131. The monoisotopic (exact) mass is 355 g/mol. The zero-order valence-corrected chi connectivity index (χ0v) is 15.0. The molecular formula is C18H25N7O. The van der Waals surface area contributed by atoms with Crippen LogP contribution in [0.2, 0.25) is 0 Å². The number of para-hydroxylation sites is 1. The van der Waals surface area contributed by atoms with Crippen LogP contribution in [0.3, 0.4) is 0 Å². The number of nitrogens with one attached hydrogen (secondary N) is 1. The fourth-order valence-electron chi connectivity index (χ4n) is 4.22. The van der Waals surface area contributed by atoms with Crippen LogP contribution >= 0.6 is 0 Å². The zero-order chi connectivity index (χ0) is 18.1. The summed E-state index contributed by atoms with van der Waals surface area (Å²) in [5.41, 5.74) is 7.05. The molecule has 2 heterocycles. The van der Waals surface area contributed by atoms with Crippen LogP contribution in [-0.2, 0) is 4.79 Å². The number of fused-ring (bicyclic) bond motifs is 1. The first-order chi connectivity index (χ1) is 12.7. The van der Waals surface area contributed by atoms with Gasteiger partial charge in [-0.3, -0.25) is 4.79 Å². The number of tetrazole rings is 1. The average Bonchev–Trinajstić information content (AvgIpc) is 3.37. The average molecular weight is 355 g/mol. The first kappa shape index (κ1) is 17.0. The van der Waals surface area contributed by atoms with Gasteiger partial charge in [0.15, 0.2) is 0 Å². The number of hydrogen-bond donors (Lipinski definition) is 2. The number of aromatic nitrogens is 4. The van der Waals surface area contributed by atoms with E-state index in [4.69, 9.17) is 5.73 Å². The molecule has 3 N–H and O–H groups in total. The topological polar surface area (TPSA) is 102 Å². The number of amides is 1. The summed E-state index contributed by atoms with van der Waals surface area (Å²) >= 11 is 0. The van der Waals surface area contributed by atoms with Gasteiger partial charge in [-0.1, -0.05) is 30.2 Å². The third-order valence-corrected chi connectivity index (χ3v) is 5.70. The molecule has 8 heteroatoms. The molecule has 0 spiro atoms. The normalized spacial score (nSPS) is 25.9. The summed E-state index contributed by atoms with van der Waals surface area (Å²) in [5.74, 6) is 1.59. The molecule has 4 unspecified atom stereocenters. The number of benzene rings is 1.